The summed E-state index contributed by atoms with van der Waals surface area (Å²) in [6.07, 6.45) is 2.70. The fraction of sp³-hybridized carbons (Fsp3) is 0.562. The fourth-order valence-corrected chi connectivity index (χ4v) is 3.20. The van der Waals surface area contributed by atoms with Crippen molar-refractivity contribution >= 4 is 17.5 Å². The maximum atomic E-state index is 12.7. The van der Waals surface area contributed by atoms with Gasteiger partial charge in [0.15, 0.2) is 0 Å². The molecule has 1 amide bonds. The first-order valence-electron chi connectivity index (χ1n) is 7.35. The molecule has 1 aromatic rings. The average molecular weight is 295 g/mol. The van der Waals surface area contributed by atoms with Gasteiger partial charge in [-0.2, -0.15) is 0 Å². The van der Waals surface area contributed by atoms with Crippen LogP contribution in [0.3, 0.4) is 0 Å². The highest BCUT2D eigenvalue weighted by Crippen LogP contribution is 2.34. The number of hydrogen-bond acceptors (Lipinski definition) is 2. The van der Waals surface area contributed by atoms with Gasteiger partial charge >= 0.3 is 0 Å². The summed E-state index contributed by atoms with van der Waals surface area (Å²) >= 11 is 6.20. The molecule has 1 fully saturated rings. The number of piperidine rings is 1. The van der Waals surface area contributed by atoms with Gasteiger partial charge in [0, 0.05) is 5.02 Å². The van der Waals surface area contributed by atoms with Crippen molar-refractivity contribution in [2.75, 3.05) is 13.1 Å². The van der Waals surface area contributed by atoms with Gasteiger partial charge in [-0.3, -0.25) is 4.79 Å². The molecule has 0 radical (unpaired) electrons. The summed E-state index contributed by atoms with van der Waals surface area (Å²) in [6, 6.07) is 7.62. The minimum absolute atomic E-state index is 0.0606. The van der Waals surface area contributed by atoms with Gasteiger partial charge in [0.1, 0.15) is 0 Å². The molecule has 0 unspecified atom stereocenters. The zero-order valence-electron chi connectivity index (χ0n) is 12.2. The second kappa shape index (κ2) is 6.59. The Morgan fingerprint density at radius 1 is 1.40 bits per heavy atom. The summed E-state index contributed by atoms with van der Waals surface area (Å²) in [5.74, 6) is 0.161. The van der Waals surface area contributed by atoms with Crippen LogP contribution in [0, 0.1) is 5.41 Å². The molecule has 0 aliphatic carbocycles. The van der Waals surface area contributed by atoms with E-state index in [0.29, 0.717) is 5.02 Å². The average Bonchev–Trinajstić information content (AvgIpc) is 2.48. The van der Waals surface area contributed by atoms with Crippen LogP contribution in [-0.4, -0.2) is 19.0 Å². The third-order valence-electron chi connectivity index (χ3n) is 4.44. The van der Waals surface area contributed by atoms with E-state index >= 15 is 0 Å². The van der Waals surface area contributed by atoms with Crippen molar-refractivity contribution < 1.29 is 4.79 Å². The van der Waals surface area contributed by atoms with Crippen molar-refractivity contribution in [3.05, 3.63) is 34.9 Å². The van der Waals surface area contributed by atoms with E-state index in [1.807, 2.05) is 31.2 Å². The molecule has 1 aromatic carbocycles. The molecule has 20 heavy (non-hydrogen) atoms. The van der Waals surface area contributed by atoms with Gasteiger partial charge in [-0.05, 0) is 50.9 Å². The lowest BCUT2D eigenvalue weighted by Crippen LogP contribution is -2.47. The fourth-order valence-electron chi connectivity index (χ4n) is 2.90. The van der Waals surface area contributed by atoms with Crippen LogP contribution in [0.2, 0.25) is 5.02 Å². The van der Waals surface area contributed by atoms with Crippen molar-refractivity contribution in [3.8, 4) is 0 Å². The minimum atomic E-state index is -0.221. The molecule has 0 saturated carbocycles. The van der Waals surface area contributed by atoms with E-state index in [9.17, 15) is 4.79 Å². The van der Waals surface area contributed by atoms with E-state index in [1.54, 1.807) is 0 Å². The standard InChI is InChI=1S/C16H23ClN2O/c1-3-16(8-10-18-11-9-16)15(20)19-12(2)13-6-4-5-7-14(13)17/h4-7,12,18H,3,8-11H2,1-2H3,(H,19,20)/t12-/m1/s1. The molecule has 2 N–H and O–H groups in total. The topological polar surface area (TPSA) is 41.1 Å². The molecular weight excluding hydrogens is 272 g/mol. The SMILES string of the molecule is CCC1(C(=O)N[C@H](C)c2ccccc2Cl)CCNCC1. The quantitative estimate of drug-likeness (QED) is 0.894. The Hall–Kier alpha value is -1.06. The van der Waals surface area contributed by atoms with Gasteiger partial charge < -0.3 is 10.6 Å². The summed E-state index contributed by atoms with van der Waals surface area (Å²) in [5, 5.41) is 7.17. The molecule has 4 heteroatoms. The summed E-state index contributed by atoms with van der Waals surface area (Å²) in [4.78, 5) is 12.7. The Balaban J connectivity index is 2.08. The van der Waals surface area contributed by atoms with Gasteiger partial charge in [-0.25, -0.2) is 0 Å². The van der Waals surface area contributed by atoms with Gasteiger partial charge in [-0.15, -0.1) is 0 Å². The summed E-state index contributed by atoms with van der Waals surface area (Å²) in [6.45, 7) is 5.93. The largest absolute Gasteiger partial charge is 0.349 e. The molecule has 1 aliphatic rings. The predicted molar refractivity (Wildman–Crippen MR) is 82.8 cm³/mol. The van der Waals surface area contributed by atoms with Crippen LogP contribution in [0.4, 0.5) is 0 Å². The van der Waals surface area contributed by atoms with E-state index in [0.717, 1.165) is 37.9 Å². The van der Waals surface area contributed by atoms with Crippen molar-refractivity contribution in [3.63, 3.8) is 0 Å². The van der Waals surface area contributed by atoms with Gasteiger partial charge in [0.25, 0.3) is 0 Å². The first-order chi connectivity index (χ1) is 9.59. The smallest absolute Gasteiger partial charge is 0.226 e. The van der Waals surface area contributed by atoms with Crippen LogP contribution < -0.4 is 10.6 Å². The van der Waals surface area contributed by atoms with Crippen LogP contribution in [0.25, 0.3) is 0 Å². The highest BCUT2D eigenvalue weighted by Gasteiger charge is 2.38. The number of carbonyl (C=O) groups is 1. The molecule has 1 heterocycles. The van der Waals surface area contributed by atoms with E-state index in [1.165, 1.54) is 0 Å². The van der Waals surface area contributed by atoms with Gasteiger partial charge in [0.2, 0.25) is 5.91 Å². The Kier molecular flexibility index (Phi) is 5.06. The van der Waals surface area contributed by atoms with Crippen molar-refractivity contribution in [1.29, 1.82) is 0 Å². The number of nitrogens with one attached hydrogen (secondary N) is 2. The molecule has 1 saturated heterocycles. The van der Waals surface area contributed by atoms with Crippen LogP contribution in [0.15, 0.2) is 24.3 Å². The zero-order valence-corrected chi connectivity index (χ0v) is 13.0. The maximum Gasteiger partial charge on any atom is 0.226 e. The molecule has 110 valence electrons. The van der Waals surface area contributed by atoms with E-state index in [2.05, 4.69) is 17.6 Å². The third kappa shape index (κ3) is 3.15. The molecule has 2 rings (SSSR count). The second-order valence-electron chi connectivity index (χ2n) is 5.60. The lowest BCUT2D eigenvalue weighted by molar-refractivity contribution is -0.133. The van der Waals surface area contributed by atoms with E-state index in [-0.39, 0.29) is 17.4 Å². The summed E-state index contributed by atoms with van der Waals surface area (Å²) < 4.78 is 0. The van der Waals surface area contributed by atoms with Crippen LogP contribution in [0.1, 0.15) is 44.7 Å². The molecule has 3 nitrogen and oxygen atoms in total. The highest BCUT2D eigenvalue weighted by atomic mass is 35.5. The normalized spacial score (nSPS) is 19.4. The number of halogens is 1. The highest BCUT2D eigenvalue weighted by molar-refractivity contribution is 6.31. The monoisotopic (exact) mass is 294 g/mol. The Bertz CT molecular complexity index is 469. The zero-order chi connectivity index (χ0) is 14.6. The first-order valence-corrected chi connectivity index (χ1v) is 7.73. The number of rotatable bonds is 4. The van der Waals surface area contributed by atoms with Crippen LogP contribution in [-0.2, 0) is 4.79 Å². The third-order valence-corrected chi connectivity index (χ3v) is 4.78. The number of hydrogen-bond donors (Lipinski definition) is 2. The summed E-state index contributed by atoms with van der Waals surface area (Å²) in [5.41, 5.74) is 0.753. The molecule has 0 spiro atoms. The Morgan fingerprint density at radius 3 is 2.65 bits per heavy atom. The number of carbonyl (C=O) groups excluding carboxylic acids is 1. The Labute approximate surface area is 126 Å². The van der Waals surface area contributed by atoms with E-state index in [4.69, 9.17) is 11.6 Å². The van der Waals surface area contributed by atoms with Crippen molar-refractivity contribution in [2.45, 2.75) is 39.2 Å². The lowest BCUT2D eigenvalue weighted by Gasteiger charge is -2.36. The van der Waals surface area contributed by atoms with Crippen LogP contribution in [0.5, 0.6) is 0 Å². The number of amides is 1. The molecule has 0 aromatic heterocycles. The molecule has 0 bridgehead atoms. The first kappa shape index (κ1) is 15.3. The lowest BCUT2D eigenvalue weighted by atomic mass is 9.75. The maximum absolute atomic E-state index is 12.7. The predicted octanol–water partition coefficient (Wildman–Crippen LogP) is 3.30. The van der Waals surface area contributed by atoms with Crippen molar-refractivity contribution in [2.24, 2.45) is 5.41 Å². The van der Waals surface area contributed by atoms with Gasteiger partial charge in [-0.1, -0.05) is 36.7 Å². The minimum Gasteiger partial charge on any atom is -0.349 e. The van der Waals surface area contributed by atoms with Gasteiger partial charge in [0.05, 0.1) is 11.5 Å². The van der Waals surface area contributed by atoms with Crippen molar-refractivity contribution in [1.82, 2.24) is 10.6 Å². The second-order valence-corrected chi connectivity index (χ2v) is 6.01. The van der Waals surface area contributed by atoms with E-state index < -0.39 is 0 Å². The number of benzene rings is 1. The molecular formula is C16H23ClN2O. The Morgan fingerprint density at radius 2 is 2.05 bits per heavy atom. The summed E-state index contributed by atoms with van der Waals surface area (Å²) in [7, 11) is 0. The molecule has 1 aliphatic heterocycles. The molecule has 1 atom stereocenters. The van der Waals surface area contributed by atoms with Crippen LogP contribution >= 0.6 is 11.6 Å².